The molecule has 4 unspecified atom stereocenters. The Kier molecular flexibility index (Phi) is 3.16. The molecule has 18 heavy (non-hydrogen) atoms. The van der Waals surface area contributed by atoms with Crippen molar-refractivity contribution in [2.45, 2.75) is 39.4 Å². The molecule has 1 aromatic rings. The van der Waals surface area contributed by atoms with Crippen LogP contribution < -0.4 is 5.32 Å². The number of aromatic nitrogens is 2. The number of nitrogens with zero attached hydrogens (tertiary/aromatic N) is 3. The molecule has 0 aliphatic carbocycles. The Morgan fingerprint density at radius 2 is 2.33 bits per heavy atom. The van der Waals surface area contributed by atoms with Crippen LogP contribution in [0.25, 0.3) is 0 Å². The second kappa shape index (κ2) is 4.67. The number of hydrogen-bond donors (Lipinski definition) is 1. The second-order valence-electron chi connectivity index (χ2n) is 5.82. The zero-order valence-electron chi connectivity index (χ0n) is 11.6. The average molecular weight is 248 g/mol. The standard InChI is InChI=1S/C14H24N4/c1-4-17-8-12(6-16-17)10(2)18-9-13-5-15-7-14(13)11(18)3/h6,8,10-11,13-15H,4-5,7,9H2,1-3H3. The summed E-state index contributed by atoms with van der Waals surface area (Å²) in [5, 5.41) is 7.93. The van der Waals surface area contributed by atoms with Crippen molar-refractivity contribution in [1.82, 2.24) is 20.0 Å². The maximum absolute atomic E-state index is 4.40. The lowest BCUT2D eigenvalue weighted by Crippen LogP contribution is -2.35. The molecular formula is C14H24N4. The lowest BCUT2D eigenvalue weighted by atomic mass is 9.95. The summed E-state index contributed by atoms with van der Waals surface area (Å²) >= 11 is 0. The lowest BCUT2D eigenvalue weighted by molar-refractivity contribution is 0.182. The minimum absolute atomic E-state index is 0.492. The Morgan fingerprint density at radius 1 is 1.50 bits per heavy atom. The van der Waals surface area contributed by atoms with Crippen molar-refractivity contribution in [2.24, 2.45) is 11.8 Å². The molecule has 100 valence electrons. The van der Waals surface area contributed by atoms with E-state index in [9.17, 15) is 0 Å². The van der Waals surface area contributed by atoms with E-state index < -0.39 is 0 Å². The molecule has 0 bridgehead atoms. The SMILES string of the molecule is CCn1cc(C(C)N2CC3CNCC3C2C)cn1. The quantitative estimate of drug-likeness (QED) is 0.880. The molecule has 0 saturated carbocycles. The third-order valence-electron chi connectivity index (χ3n) is 4.94. The van der Waals surface area contributed by atoms with Crippen molar-refractivity contribution in [3.05, 3.63) is 18.0 Å². The van der Waals surface area contributed by atoms with E-state index in [2.05, 4.69) is 42.3 Å². The summed E-state index contributed by atoms with van der Waals surface area (Å²) in [6.45, 7) is 11.4. The van der Waals surface area contributed by atoms with Crippen molar-refractivity contribution < 1.29 is 0 Å². The van der Waals surface area contributed by atoms with Gasteiger partial charge in [-0.05, 0) is 45.7 Å². The molecule has 3 rings (SSSR count). The normalized spacial score (nSPS) is 33.8. The Morgan fingerprint density at radius 3 is 3.00 bits per heavy atom. The summed E-state index contributed by atoms with van der Waals surface area (Å²) in [7, 11) is 0. The van der Waals surface area contributed by atoms with E-state index in [1.54, 1.807) is 0 Å². The molecule has 0 spiro atoms. The van der Waals surface area contributed by atoms with Crippen molar-refractivity contribution in [2.75, 3.05) is 19.6 Å². The van der Waals surface area contributed by atoms with Crippen LogP contribution in [0.4, 0.5) is 0 Å². The van der Waals surface area contributed by atoms with Gasteiger partial charge in [0.1, 0.15) is 0 Å². The lowest BCUT2D eigenvalue weighted by Gasteiger charge is -2.30. The van der Waals surface area contributed by atoms with Gasteiger partial charge in [0.15, 0.2) is 0 Å². The van der Waals surface area contributed by atoms with Crippen LogP contribution in [-0.2, 0) is 6.54 Å². The van der Waals surface area contributed by atoms with Gasteiger partial charge in [0.2, 0.25) is 0 Å². The Labute approximate surface area is 109 Å². The monoisotopic (exact) mass is 248 g/mol. The molecule has 2 aliphatic heterocycles. The van der Waals surface area contributed by atoms with E-state index in [0.717, 1.165) is 18.4 Å². The largest absolute Gasteiger partial charge is 0.316 e. The fraction of sp³-hybridized carbons (Fsp3) is 0.786. The Balaban J connectivity index is 1.74. The maximum Gasteiger partial charge on any atom is 0.0537 e. The molecule has 1 aromatic heterocycles. The third kappa shape index (κ3) is 1.88. The number of fused-ring (bicyclic) bond motifs is 1. The van der Waals surface area contributed by atoms with E-state index >= 15 is 0 Å². The topological polar surface area (TPSA) is 33.1 Å². The van der Waals surface area contributed by atoms with Crippen LogP contribution in [-0.4, -0.2) is 40.4 Å². The molecule has 0 radical (unpaired) electrons. The molecule has 1 N–H and O–H groups in total. The molecule has 4 nitrogen and oxygen atoms in total. The van der Waals surface area contributed by atoms with Gasteiger partial charge in [-0.15, -0.1) is 0 Å². The number of rotatable bonds is 3. The van der Waals surface area contributed by atoms with Crippen LogP contribution in [0, 0.1) is 11.8 Å². The summed E-state index contributed by atoms with van der Waals surface area (Å²) in [5.74, 6) is 1.69. The van der Waals surface area contributed by atoms with E-state index in [-0.39, 0.29) is 0 Å². The first-order valence-electron chi connectivity index (χ1n) is 7.19. The highest BCUT2D eigenvalue weighted by molar-refractivity contribution is 5.12. The van der Waals surface area contributed by atoms with Crippen LogP contribution in [0.2, 0.25) is 0 Å². The van der Waals surface area contributed by atoms with Gasteiger partial charge in [-0.2, -0.15) is 5.10 Å². The van der Waals surface area contributed by atoms with Crippen LogP contribution in [0.5, 0.6) is 0 Å². The van der Waals surface area contributed by atoms with E-state index in [0.29, 0.717) is 12.1 Å². The number of nitrogens with one attached hydrogen (secondary N) is 1. The molecule has 4 atom stereocenters. The molecule has 0 amide bonds. The van der Waals surface area contributed by atoms with Gasteiger partial charge in [-0.25, -0.2) is 0 Å². The Bertz CT molecular complexity index is 414. The molecule has 2 saturated heterocycles. The van der Waals surface area contributed by atoms with Crippen molar-refractivity contribution in [3.63, 3.8) is 0 Å². The molecule has 2 aliphatic rings. The van der Waals surface area contributed by atoms with Gasteiger partial charge < -0.3 is 5.32 Å². The third-order valence-corrected chi connectivity index (χ3v) is 4.94. The van der Waals surface area contributed by atoms with Gasteiger partial charge in [0.25, 0.3) is 0 Å². The molecule has 3 heterocycles. The number of hydrogen-bond acceptors (Lipinski definition) is 3. The van der Waals surface area contributed by atoms with Crippen molar-refractivity contribution in [3.8, 4) is 0 Å². The summed E-state index contributed by atoms with van der Waals surface area (Å²) in [6.07, 6.45) is 4.23. The fourth-order valence-electron chi connectivity index (χ4n) is 3.67. The van der Waals surface area contributed by atoms with Gasteiger partial charge in [-0.1, -0.05) is 0 Å². The first kappa shape index (κ1) is 12.2. The minimum atomic E-state index is 0.492. The molecule has 4 heteroatoms. The maximum atomic E-state index is 4.40. The zero-order valence-corrected chi connectivity index (χ0v) is 11.6. The van der Waals surface area contributed by atoms with Crippen LogP contribution in [0.1, 0.15) is 32.4 Å². The Hall–Kier alpha value is -0.870. The van der Waals surface area contributed by atoms with Crippen LogP contribution in [0.3, 0.4) is 0 Å². The highest BCUT2D eigenvalue weighted by Crippen LogP contribution is 2.37. The average Bonchev–Trinajstić information content (AvgIpc) is 3.06. The first-order valence-corrected chi connectivity index (χ1v) is 7.19. The fourth-order valence-corrected chi connectivity index (χ4v) is 3.67. The highest BCUT2D eigenvalue weighted by Gasteiger charge is 2.43. The van der Waals surface area contributed by atoms with Crippen molar-refractivity contribution in [1.29, 1.82) is 0 Å². The summed E-state index contributed by atoms with van der Waals surface area (Å²) in [4.78, 5) is 2.66. The predicted octanol–water partition coefficient (Wildman–Crippen LogP) is 1.50. The highest BCUT2D eigenvalue weighted by atomic mass is 15.3. The summed E-state index contributed by atoms with van der Waals surface area (Å²) in [5.41, 5.74) is 1.36. The van der Waals surface area contributed by atoms with Crippen molar-refractivity contribution >= 4 is 0 Å². The molecule has 0 aromatic carbocycles. The van der Waals surface area contributed by atoms with Gasteiger partial charge >= 0.3 is 0 Å². The molecule has 2 fully saturated rings. The number of aryl methyl sites for hydroxylation is 1. The molecular weight excluding hydrogens is 224 g/mol. The zero-order chi connectivity index (χ0) is 12.7. The van der Waals surface area contributed by atoms with E-state index in [1.807, 2.05) is 10.9 Å². The number of likely N-dealkylation sites (tertiary alicyclic amines) is 1. The van der Waals surface area contributed by atoms with Crippen LogP contribution in [0.15, 0.2) is 12.4 Å². The van der Waals surface area contributed by atoms with Gasteiger partial charge in [0, 0.05) is 36.9 Å². The van der Waals surface area contributed by atoms with Gasteiger partial charge in [0.05, 0.1) is 6.20 Å². The van der Waals surface area contributed by atoms with Gasteiger partial charge in [-0.3, -0.25) is 9.58 Å². The predicted molar refractivity (Wildman–Crippen MR) is 72.3 cm³/mol. The van der Waals surface area contributed by atoms with E-state index in [1.165, 1.54) is 25.2 Å². The minimum Gasteiger partial charge on any atom is -0.316 e. The van der Waals surface area contributed by atoms with Crippen LogP contribution >= 0.6 is 0 Å². The van der Waals surface area contributed by atoms with E-state index in [4.69, 9.17) is 0 Å². The summed E-state index contributed by atoms with van der Waals surface area (Å²) in [6, 6.07) is 1.18. The summed E-state index contributed by atoms with van der Waals surface area (Å²) < 4.78 is 2.02. The second-order valence-corrected chi connectivity index (χ2v) is 5.82. The first-order chi connectivity index (χ1) is 8.70. The smallest absolute Gasteiger partial charge is 0.0537 e.